The van der Waals surface area contributed by atoms with Crippen LogP contribution in [0, 0.1) is 26.1 Å². The second-order valence-electron chi connectivity index (χ2n) is 3.03. The standard InChI is InChI=1S/C6H12N2O6/c1-5(4-14-8(12)13)2-6(9)3-7(10)11/h5-6,9H,2-4H2,1H3. The lowest BCUT2D eigenvalue weighted by Crippen LogP contribution is -2.24. The van der Waals surface area contributed by atoms with E-state index in [1.807, 2.05) is 0 Å². The van der Waals surface area contributed by atoms with Crippen molar-refractivity contribution in [2.45, 2.75) is 19.4 Å². The first-order valence-corrected chi connectivity index (χ1v) is 3.99. The Kier molecular flexibility index (Phi) is 5.46. The number of aliphatic hydroxyl groups excluding tert-OH is 1. The minimum Gasteiger partial charge on any atom is -0.386 e. The van der Waals surface area contributed by atoms with Gasteiger partial charge in [-0.25, -0.2) is 0 Å². The van der Waals surface area contributed by atoms with Gasteiger partial charge in [-0.1, -0.05) is 6.92 Å². The van der Waals surface area contributed by atoms with Crippen LogP contribution in [-0.2, 0) is 4.84 Å². The van der Waals surface area contributed by atoms with Crippen molar-refractivity contribution in [2.75, 3.05) is 13.2 Å². The largest absolute Gasteiger partial charge is 0.386 e. The zero-order valence-electron chi connectivity index (χ0n) is 7.66. The zero-order valence-corrected chi connectivity index (χ0v) is 7.66. The Morgan fingerprint density at radius 1 is 1.43 bits per heavy atom. The van der Waals surface area contributed by atoms with Crippen LogP contribution in [0.15, 0.2) is 0 Å². The SMILES string of the molecule is CC(CO[N+](=O)[O-])CC(O)C[N+](=O)[O-]. The highest BCUT2D eigenvalue weighted by atomic mass is 16.9. The Hall–Kier alpha value is -1.44. The summed E-state index contributed by atoms with van der Waals surface area (Å²) in [6.45, 7) is 0.886. The first-order valence-electron chi connectivity index (χ1n) is 3.99. The van der Waals surface area contributed by atoms with Gasteiger partial charge in [0.15, 0.2) is 0 Å². The lowest BCUT2D eigenvalue weighted by molar-refractivity contribution is -0.759. The monoisotopic (exact) mass is 208 g/mol. The lowest BCUT2D eigenvalue weighted by atomic mass is 10.1. The summed E-state index contributed by atoms with van der Waals surface area (Å²) in [4.78, 5) is 23.2. The molecule has 0 aliphatic rings. The predicted molar refractivity (Wildman–Crippen MR) is 44.6 cm³/mol. The molecule has 0 heterocycles. The van der Waals surface area contributed by atoms with Gasteiger partial charge in [0, 0.05) is 4.92 Å². The molecule has 1 N–H and O–H groups in total. The van der Waals surface area contributed by atoms with Gasteiger partial charge < -0.3 is 9.94 Å². The van der Waals surface area contributed by atoms with Crippen molar-refractivity contribution >= 4 is 0 Å². The van der Waals surface area contributed by atoms with Crippen LogP contribution in [0.25, 0.3) is 0 Å². The van der Waals surface area contributed by atoms with E-state index in [1.54, 1.807) is 6.92 Å². The molecule has 82 valence electrons. The van der Waals surface area contributed by atoms with Crippen LogP contribution in [0.5, 0.6) is 0 Å². The highest BCUT2D eigenvalue weighted by molar-refractivity contribution is 4.59. The summed E-state index contributed by atoms with van der Waals surface area (Å²) in [6, 6.07) is 0. The van der Waals surface area contributed by atoms with E-state index in [0.29, 0.717) is 0 Å². The number of rotatable bonds is 7. The second kappa shape index (κ2) is 6.08. The van der Waals surface area contributed by atoms with Gasteiger partial charge in [-0.2, -0.15) is 0 Å². The summed E-state index contributed by atoms with van der Waals surface area (Å²) >= 11 is 0. The van der Waals surface area contributed by atoms with E-state index < -0.39 is 22.7 Å². The maximum Gasteiger partial charge on any atom is 0.294 e. The average Bonchev–Trinajstić information content (AvgIpc) is 1.98. The van der Waals surface area contributed by atoms with E-state index in [1.165, 1.54) is 0 Å². The molecule has 0 bridgehead atoms. The molecule has 2 atom stereocenters. The van der Waals surface area contributed by atoms with E-state index in [4.69, 9.17) is 5.11 Å². The first kappa shape index (κ1) is 12.6. The fourth-order valence-corrected chi connectivity index (χ4v) is 0.967. The van der Waals surface area contributed by atoms with Gasteiger partial charge in [-0.05, 0) is 12.3 Å². The topological polar surface area (TPSA) is 116 Å². The Labute approximate surface area is 79.7 Å². The highest BCUT2D eigenvalue weighted by Gasteiger charge is 2.16. The van der Waals surface area contributed by atoms with E-state index >= 15 is 0 Å². The van der Waals surface area contributed by atoms with Gasteiger partial charge >= 0.3 is 0 Å². The Bertz CT molecular complexity index is 208. The van der Waals surface area contributed by atoms with E-state index in [2.05, 4.69) is 4.84 Å². The van der Waals surface area contributed by atoms with Crippen molar-refractivity contribution in [1.82, 2.24) is 0 Å². The van der Waals surface area contributed by atoms with Crippen LogP contribution in [0.1, 0.15) is 13.3 Å². The maximum absolute atomic E-state index is 9.96. The van der Waals surface area contributed by atoms with Crippen LogP contribution in [0.4, 0.5) is 0 Å². The first-order chi connectivity index (χ1) is 6.41. The van der Waals surface area contributed by atoms with E-state index in [9.17, 15) is 20.2 Å². The molecule has 0 spiro atoms. The van der Waals surface area contributed by atoms with Crippen molar-refractivity contribution < 1.29 is 20.0 Å². The lowest BCUT2D eigenvalue weighted by Gasteiger charge is -2.11. The van der Waals surface area contributed by atoms with Crippen LogP contribution in [-0.4, -0.2) is 34.4 Å². The van der Waals surface area contributed by atoms with Crippen molar-refractivity contribution in [2.24, 2.45) is 5.92 Å². The molecule has 0 aromatic rings. The highest BCUT2D eigenvalue weighted by Crippen LogP contribution is 2.06. The fourth-order valence-electron chi connectivity index (χ4n) is 0.967. The minimum atomic E-state index is -1.09. The molecule has 0 aromatic heterocycles. The minimum absolute atomic E-state index is 0.106. The molecule has 0 saturated carbocycles. The number of hydrogen-bond donors (Lipinski definition) is 1. The third kappa shape index (κ3) is 7.22. The molecule has 8 nitrogen and oxygen atoms in total. The summed E-state index contributed by atoms with van der Waals surface area (Å²) in [6.07, 6.45) is -0.982. The van der Waals surface area contributed by atoms with Gasteiger partial charge in [-0.3, -0.25) is 10.1 Å². The third-order valence-corrected chi connectivity index (χ3v) is 1.50. The molecule has 0 rings (SSSR count). The average molecular weight is 208 g/mol. The predicted octanol–water partition coefficient (Wildman–Crippen LogP) is -0.141. The third-order valence-electron chi connectivity index (χ3n) is 1.50. The Morgan fingerprint density at radius 3 is 2.43 bits per heavy atom. The molecule has 0 aromatic carbocycles. The van der Waals surface area contributed by atoms with Crippen LogP contribution in [0.2, 0.25) is 0 Å². The summed E-state index contributed by atoms with van der Waals surface area (Å²) < 4.78 is 0. The molecule has 14 heavy (non-hydrogen) atoms. The van der Waals surface area contributed by atoms with Gasteiger partial charge in [0.05, 0.1) is 6.61 Å². The molecular formula is C6H12N2O6. The molecule has 0 aliphatic heterocycles. The maximum atomic E-state index is 9.96. The summed E-state index contributed by atoms with van der Waals surface area (Å²) in [5.74, 6) is -0.296. The van der Waals surface area contributed by atoms with E-state index in [0.717, 1.165) is 0 Å². The molecule has 0 radical (unpaired) electrons. The summed E-state index contributed by atoms with van der Waals surface area (Å²) in [5.41, 5.74) is 0. The van der Waals surface area contributed by atoms with Crippen LogP contribution >= 0.6 is 0 Å². The van der Waals surface area contributed by atoms with Crippen LogP contribution < -0.4 is 0 Å². The summed E-state index contributed by atoms with van der Waals surface area (Å²) in [5, 5.41) is 27.9. The molecule has 0 aliphatic carbocycles. The van der Waals surface area contributed by atoms with Crippen molar-refractivity contribution in [3.63, 3.8) is 0 Å². The number of nitro groups is 1. The van der Waals surface area contributed by atoms with E-state index in [-0.39, 0.29) is 18.9 Å². The quantitative estimate of drug-likeness (QED) is 0.459. The normalized spacial score (nSPS) is 14.4. The molecule has 8 heteroatoms. The van der Waals surface area contributed by atoms with Crippen molar-refractivity contribution in [3.05, 3.63) is 20.2 Å². The zero-order chi connectivity index (χ0) is 11.1. The fraction of sp³-hybridized carbons (Fsp3) is 1.00. The molecule has 2 unspecified atom stereocenters. The smallest absolute Gasteiger partial charge is 0.294 e. The Balaban J connectivity index is 3.65. The van der Waals surface area contributed by atoms with Crippen molar-refractivity contribution in [3.8, 4) is 0 Å². The van der Waals surface area contributed by atoms with Gasteiger partial charge in [0.25, 0.3) is 5.09 Å². The summed E-state index contributed by atoms with van der Waals surface area (Å²) in [7, 11) is 0. The van der Waals surface area contributed by atoms with Gasteiger partial charge in [0.1, 0.15) is 6.10 Å². The number of nitrogens with zero attached hydrogens (tertiary/aromatic N) is 2. The number of hydrogen-bond acceptors (Lipinski definition) is 6. The molecule has 0 saturated heterocycles. The van der Waals surface area contributed by atoms with Crippen LogP contribution in [0.3, 0.4) is 0 Å². The van der Waals surface area contributed by atoms with Gasteiger partial charge in [-0.15, -0.1) is 10.1 Å². The molecule has 0 fully saturated rings. The second-order valence-corrected chi connectivity index (χ2v) is 3.03. The van der Waals surface area contributed by atoms with Crippen molar-refractivity contribution in [1.29, 1.82) is 0 Å². The van der Waals surface area contributed by atoms with Gasteiger partial charge in [0.2, 0.25) is 6.54 Å². The molecule has 0 amide bonds. The number of aliphatic hydroxyl groups is 1. The molecular weight excluding hydrogens is 196 g/mol. The Morgan fingerprint density at radius 2 is 2.00 bits per heavy atom.